The van der Waals surface area contributed by atoms with E-state index in [4.69, 9.17) is 0 Å². The van der Waals surface area contributed by atoms with Crippen molar-refractivity contribution in [3.8, 4) is 0 Å². The monoisotopic (exact) mass is 239 g/mol. The van der Waals surface area contributed by atoms with Gasteiger partial charge in [0.2, 0.25) is 0 Å². The lowest BCUT2D eigenvalue weighted by Crippen LogP contribution is -2.29. The van der Waals surface area contributed by atoms with Crippen LogP contribution in [-0.4, -0.2) is 46.3 Å². The molecule has 1 saturated heterocycles. The van der Waals surface area contributed by atoms with Crippen LogP contribution < -0.4 is 0 Å². The second kappa shape index (κ2) is 4.43. The minimum Gasteiger partial charge on any atom is -0.388 e. The Labute approximate surface area is 98.3 Å². The first-order valence-corrected chi connectivity index (χ1v) is 5.40. The topological polar surface area (TPSA) is 60.8 Å². The molecule has 0 radical (unpaired) electrons. The number of aliphatic hydroxyl groups is 2. The van der Waals surface area contributed by atoms with Gasteiger partial charge in [-0.2, -0.15) is 0 Å². The molecule has 0 unspecified atom stereocenters. The standard InChI is InChI=1S/C12H14FNO3/c1-7-2-3-8(4-9(7)13)12(17)14-5-10(15)11(16)6-14/h2-4,10-11,15-16H,5-6H2,1H3/t10-,11+. The van der Waals surface area contributed by atoms with E-state index in [1.54, 1.807) is 6.92 Å². The van der Waals surface area contributed by atoms with Crippen molar-refractivity contribution in [2.75, 3.05) is 13.1 Å². The van der Waals surface area contributed by atoms with Crippen molar-refractivity contribution in [3.05, 3.63) is 35.1 Å². The van der Waals surface area contributed by atoms with Crippen molar-refractivity contribution >= 4 is 5.91 Å². The number of hydrogen-bond acceptors (Lipinski definition) is 3. The van der Waals surface area contributed by atoms with Crippen LogP contribution in [0.3, 0.4) is 0 Å². The van der Waals surface area contributed by atoms with Crippen LogP contribution in [0.2, 0.25) is 0 Å². The van der Waals surface area contributed by atoms with Crippen LogP contribution in [0, 0.1) is 12.7 Å². The third-order valence-corrected chi connectivity index (χ3v) is 2.97. The zero-order valence-electron chi connectivity index (χ0n) is 9.43. The molecule has 1 aliphatic rings. The summed E-state index contributed by atoms with van der Waals surface area (Å²) >= 11 is 0. The number of amides is 1. The molecule has 1 aliphatic heterocycles. The summed E-state index contributed by atoms with van der Waals surface area (Å²) in [6, 6.07) is 4.25. The van der Waals surface area contributed by atoms with Gasteiger partial charge in [-0.25, -0.2) is 4.39 Å². The zero-order chi connectivity index (χ0) is 12.6. The van der Waals surface area contributed by atoms with E-state index < -0.39 is 18.0 Å². The fourth-order valence-electron chi connectivity index (χ4n) is 1.84. The quantitative estimate of drug-likeness (QED) is 0.741. The van der Waals surface area contributed by atoms with Gasteiger partial charge in [0.1, 0.15) is 5.82 Å². The molecule has 2 rings (SSSR count). The molecule has 0 spiro atoms. The molecule has 17 heavy (non-hydrogen) atoms. The van der Waals surface area contributed by atoms with E-state index in [1.165, 1.54) is 23.1 Å². The van der Waals surface area contributed by atoms with Crippen LogP contribution in [0.4, 0.5) is 4.39 Å². The van der Waals surface area contributed by atoms with Crippen molar-refractivity contribution in [1.29, 1.82) is 0 Å². The number of carbonyl (C=O) groups is 1. The molecule has 1 heterocycles. The largest absolute Gasteiger partial charge is 0.388 e. The van der Waals surface area contributed by atoms with Crippen molar-refractivity contribution in [1.82, 2.24) is 4.90 Å². The second-order valence-electron chi connectivity index (χ2n) is 4.31. The molecule has 0 saturated carbocycles. The first kappa shape index (κ1) is 12.0. The molecule has 0 aromatic heterocycles. The Morgan fingerprint density at radius 3 is 2.47 bits per heavy atom. The summed E-state index contributed by atoms with van der Waals surface area (Å²) in [4.78, 5) is 13.3. The van der Waals surface area contributed by atoms with Crippen molar-refractivity contribution in [3.63, 3.8) is 0 Å². The number of hydrogen-bond donors (Lipinski definition) is 2. The van der Waals surface area contributed by atoms with Crippen molar-refractivity contribution in [2.45, 2.75) is 19.1 Å². The molecule has 1 fully saturated rings. The Bertz CT molecular complexity index is 439. The Hall–Kier alpha value is -1.46. The maximum atomic E-state index is 13.3. The van der Waals surface area contributed by atoms with Crippen LogP contribution >= 0.6 is 0 Å². The number of likely N-dealkylation sites (tertiary alicyclic amines) is 1. The summed E-state index contributed by atoms with van der Waals surface area (Å²) in [5.41, 5.74) is 0.706. The van der Waals surface area contributed by atoms with Gasteiger partial charge in [0.15, 0.2) is 0 Å². The number of rotatable bonds is 1. The number of aryl methyl sites for hydroxylation is 1. The highest BCUT2D eigenvalue weighted by molar-refractivity contribution is 5.94. The smallest absolute Gasteiger partial charge is 0.254 e. The highest BCUT2D eigenvalue weighted by atomic mass is 19.1. The number of halogens is 1. The third-order valence-electron chi connectivity index (χ3n) is 2.97. The van der Waals surface area contributed by atoms with Gasteiger partial charge in [0.05, 0.1) is 12.2 Å². The lowest BCUT2D eigenvalue weighted by molar-refractivity contribution is 0.0572. The van der Waals surface area contributed by atoms with Gasteiger partial charge in [-0.15, -0.1) is 0 Å². The van der Waals surface area contributed by atoms with Gasteiger partial charge >= 0.3 is 0 Å². The van der Waals surface area contributed by atoms with Gasteiger partial charge in [0, 0.05) is 18.7 Å². The Kier molecular flexibility index (Phi) is 3.13. The van der Waals surface area contributed by atoms with Crippen LogP contribution in [0.1, 0.15) is 15.9 Å². The van der Waals surface area contributed by atoms with E-state index >= 15 is 0 Å². The SMILES string of the molecule is Cc1ccc(C(=O)N2C[C@@H](O)[C@@H](O)C2)cc1F. The minimum atomic E-state index is -0.922. The molecule has 2 atom stereocenters. The third kappa shape index (κ3) is 2.30. The molecule has 4 nitrogen and oxygen atoms in total. The molecule has 1 aromatic rings. The van der Waals surface area contributed by atoms with Gasteiger partial charge in [-0.05, 0) is 24.6 Å². The average molecular weight is 239 g/mol. The highest BCUT2D eigenvalue weighted by Gasteiger charge is 2.32. The summed E-state index contributed by atoms with van der Waals surface area (Å²) in [6.45, 7) is 1.78. The summed E-state index contributed by atoms with van der Waals surface area (Å²) in [5.74, 6) is -0.810. The Morgan fingerprint density at radius 1 is 1.35 bits per heavy atom. The summed E-state index contributed by atoms with van der Waals surface area (Å²) in [6.07, 6.45) is -1.84. The molecule has 0 bridgehead atoms. The molecular weight excluding hydrogens is 225 g/mol. The van der Waals surface area contributed by atoms with Gasteiger partial charge < -0.3 is 15.1 Å². The number of aliphatic hydroxyl groups excluding tert-OH is 2. The molecule has 2 N–H and O–H groups in total. The predicted molar refractivity (Wildman–Crippen MR) is 59.1 cm³/mol. The van der Waals surface area contributed by atoms with E-state index in [-0.39, 0.29) is 24.6 Å². The average Bonchev–Trinajstić information content (AvgIpc) is 2.62. The van der Waals surface area contributed by atoms with Gasteiger partial charge in [-0.3, -0.25) is 4.79 Å². The summed E-state index contributed by atoms with van der Waals surface area (Å²) < 4.78 is 13.3. The van der Waals surface area contributed by atoms with E-state index in [2.05, 4.69) is 0 Å². The summed E-state index contributed by atoms with van der Waals surface area (Å²) in [5, 5.41) is 18.7. The fourth-order valence-corrected chi connectivity index (χ4v) is 1.84. The first-order chi connectivity index (χ1) is 7.99. The van der Waals surface area contributed by atoms with Crippen molar-refractivity contribution < 1.29 is 19.4 Å². The number of carbonyl (C=O) groups excluding carboxylic acids is 1. The van der Waals surface area contributed by atoms with E-state index in [0.29, 0.717) is 5.56 Å². The summed E-state index contributed by atoms with van der Waals surface area (Å²) in [7, 11) is 0. The van der Waals surface area contributed by atoms with Crippen LogP contribution in [0.5, 0.6) is 0 Å². The second-order valence-corrected chi connectivity index (χ2v) is 4.31. The molecular formula is C12H14FNO3. The van der Waals surface area contributed by atoms with Crippen molar-refractivity contribution in [2.24, 2.45) is 0 Å². The molecule has 0 aliphatic carbocycles. The first-order valence-electron chi connectivity index (χ1n) is 5.40. The van der Waals surface area contributed by atoms with E-state index in [1.807, 2.05) is 0 Å². The van der Waals surface area contributed by atoms with Crippen LogP contribution in [0.15, 0.2) is 18.2 Å². The minimum absolute atomic E-state index is 0.0789. The molecule has 5 heteroatoms. The predicted octanol–water partition coefficient (Wildman–Crippen LogP) is 0.312. The number of β-amino-alcohol motifs (C(OH)–C–C–N with tert-alkyl or cyclic N) is 2. The van der Waals surface area contributed by atoms with Crippen LogP contribution in [0.25, 0.3) is 0 Å². The normalized spacial score (nSPS) is 24.1. The van der Waals surface area contributed by atoms with Gasteiger partial charge in [0.25, 0.3) is 5.91 Å². The fraction of sp³-hybridized carbons (Fsp3) is 0.417. The zero-order valence-corrected chi connectivity index (χ0v) is 9.43. The van der Waals surface area contributed by atoms with E-state index in [0.717, 1.165) is 0 Å². The van der Waals surface area contributed by atoms with Crippen LogP contribution in [-0.2, 0) is 0 Å². The highest BCUT2D eigenvalue weighted by Crippen LogP contribution is 2.16. The lowest BCUT2D eigenvalue weighted by atomic mass is 10.1. The lowest BCUT2D eigenvalue weighted by Gasteiger charge is -2.15. The number of nitrogens with zero attached hydrogens (tertiary/aromatic N) is 1. The Morgan fingerprint density at radius 2 is 1.94 bits per heavy atom. The Balaban J connectivity index is 2.17. The maximum absolute atomic E-state index is 13.3. The van der Waals surface area contributed by atoms with E-state index in [9.17, 15) is 19.4 Å². The molecule has 1 amide bonds. The molecule has 92 valence electrons. The number of benzene rings is 1. The molecule has 1 aromatic carbocycles. The van der Waals surface area contributed by atoms with Gasteiger partial charge in [-0.1, -0.05) is 6.07 Å². The maximum Gasteiger partial charge on any atom is 0.254 e.